The van der Waals surface area contributed by atoms with Gasteiger partial charge in [0.15, 0.2) is 5.65 Å². The lowest BCUT2D eigenvalue weighted by Gasteiger charge is -2.33. The first-order valence-corrected chi connectivity index (χ1v) is 13.3. The average molecular weight is 450 g/mol. The van der Waals surface area contributed by atoms with Crippen LogP contribution in [-0.4, -0.2) is 56.0 Å². The Kier molecular flexibility index (Phi) is 4.55. The number of carbonyl (C=O) groups excluding carboxylic acids is 1. The molecule has 2 aromatic heterocycles. The highest BCUT2D eigenvalue weighted by Gasteiger charge is 2.61. The molecule has 0 radical (unpaired) electrons. The number of aromatic amines is 1. The lowest BCUT2D eigenvalue weighted by Crippen LogP contribution is -2.41. The predicted molar refractivity (Wildman–Crippen MR) is 125 cm³/mol. The minimum atomic E-state index is 0.0797. The van der Waals surface area contributed by atoms with E-state index in [2.05, 4.69) is 21.0 Å². The molecule has 7 nitrogen and oxygen atoms in total. The Morgan fingerprint density at radius 2 is 1.85 bits per heavy atom. The molecule has 1 amide bonds. The van der Waals surface area contributed by atoms with Crippen LogP contribution in [0.1, 0.15) is 87.1 Å². The van der Waals surface area contributed by atoms with E-state index >= 15 is 0 Å². The number of carbonyl (C=O) groups is 1. The lowest BCUT2D eigenvalue weighted by molar-refractivity contribution is -0.135. The number of hydrogen-bond acceptors (Lipinski definition) is 4. The summed E-state index contributed by atoms with van der Waals surface area (Å²) in [6.45, 7) is 3.43. The second-order valence-electron chi connectivity index (χ2n) is 11.5. The zero-order chi connectivity index (χ0) is 22.2. The molecule has 1 spiro atoms. The normalized spacial score (nSPS) is 27.8. The van der Waals surface area contributed by atoms with Crippen LogP contribution in [0.25, 0.3) is 5.65 Å². The van der Waals surface area contributed by atoms with Gasteiger partial charge >= 0.3 is 0 Å². The molecular weight excluding hydrogens is 414 g/mol. The first-order chi connectivity index (χ1) is 16.1. The van der Waals surface area contributed by atoms with Crippen LogP contribution in [0.2, 0.25) is 0 Å². The van der Waals surface area contributed by atoms with Crippen LogP contribution in [0.15, 0.2) is 10.9 Å². The van der Waals surface area contributed by atoms with Gasteiger partial charge in [0.2, 0.25) is 5.91 Å². The monoisotopic (exact) mass is 449 g/mol. The van der Waals surface area contributed by atoms with Crippen molar-refractivity contribution in [1.82, 2.24) is 24.4 Å². The third-order valence-electron chi connectivity index (χ3n) is 9.74. The second kappa shape index (κ2) is 7.42. The second-order valence-corrected chi connectivity index (χ2v) is 11.5. The fourth-order valence-electron chi connectivity index (χ4n) is 7.32. The largest absolute Gasteiger partial charge is 0.342 e. The van der Waals surface area contributed by atoms with Gasteiger partial charge in [-0.2, -0.15) is 0 Å². The van der Waals surface area contributed by atoms with Crippen LogP contribution in [0.3, 0.4) is 0 Å². The molecule has 3 saturated carbocycles. The summed E-state index contributed by atoms with van der Waals surface area (Å²) in [6.07, 6.45) is 12.9. The number of rotatable bonds is 3. The molecule has 4 heterocycles. The molecule has 0 unspecified atom stereocenters. The third-order valence-corrected chi connectivity index (χ3v) is 9.74. The summed E-state index contributed by atoms with van der Waals surface area (Å²) in [5, 5.41) is 3.40. The number of nitrogens with one attached hydrogen (secondary N) is 1. The first-order valence-electron chi connectivity index (χ1n) is 13.3. The van der Waals surface area contributed by atoms with Gasteiger partial charge in [-0.1, -0.05) is 19.3 Å². The minimum absolute atomic E-state index is 0.0797. The van der Waals surface area contributed by atoms with Gasteiger partial charge in [0, 0.05) is 62.2 Å². The number of likely N-dealkylation sites (tertiary alicyclic amines) is 1. The number of piperidine rings is 1. The van der Waals surface area contributed by atoms with Gasteiger partial charge < -0.3 is 4.90 Å². The number of aromatic nitrogens is 3. The molecule has 3 aliphatic carbocycles. The summed E-state index contributed by atoms with van der Waals surface area (Å²) >= 11 is 0. The Hall–Kier alpha value is -2.15. The van der Waals surface area contributed by atoms with Crippen LogP contribution in [0.4, 0.5) is 0 Å². The van der Waals surface area contributed by atoms with E-state index in [0.717, 1.165) is 74.5 Å². The third kappa shape index (κ3) is 3.22. The van der Waals surface area contributed by atoms with E-state index in [4.69, 9.17) is 4.98 Å². The maximum absolute atomic E-state index is 13.4. The molecule has 1 atom stereocenters. The minimum Gasteiger partial charge on any atom is -0.342 e. The molecule has 7 rings (SSSR count). The standard InChI is InChI=1S/C26H35N5O2/c32-24-19-16-30(18-4-1-2-5-18)13-8-21(19)27-23-14-22(28-31(23)24)17-6-11-29(12-7-17)25(33)20-15-26(20)9-3-10-26/h14,17-18,20,28H,1-13,15-16H2/t20-/m1/s1. The highest BCUT2D eigenvalue weighted by molar-refractivity contribution is 5.83. The van der Waals surface area contributed by atoms with Crippen molar-refractivity contribution in [3.05, 3.63) is 33.4 Å². The van der Waals surface area contributed by atoms with Crippen LogP contribution in [-0.2, 0) is 17.8 Å². The SMILES string of the molecule is O=C([C@H]1CC12CCC2)N1CCC(c2cc3nc4c(c(=O)n3[nH]2)CN(C2CCCC2)CC4)CC1. The molecule has 2 aliphatic heterocycles. The molecule has 5 aliphatic rings. The summed E-state index contributed by atoms with van der Waals surface area (Å²) in [5.74, 6) is 1.08. The molecule has 1 saturated heterocycles. The fourth-order valence-corrected chi connectivity index (χ4v) is 7.32. The van der Waals surface area contributed by atoms with Gasteiger partial charge in [0.25, 0.3) is 5.56 Å². The lowest BCUT2D eigenvalue weighted by atomic mass is 9.79. The van der Waals surface area contributed by atoms with Crippen molar-refractivity contribution in [2.75, 3.05) is 19.6 Å². The predicted octanol–water partition coefficient (Wildman–Crippen LogP) is 3.22. The Morgan fingerprint density at radius 3 is 2.55 bits per heavy atom. The van der Waals surface area contributed by atoms with Gasteiger partial charge in [-0.25, -0.2) is 9.50 Å². The molecule has 0 aromatic carbocycles. The highest BCUT2D eigenvalue weighted by atomic mass is 16.2. The summed E-state index contributed by atoms with van der Waals surface area (Å²) in [5.41, 5.74) is 4.22. The van der Waals surface area contributed by atoms with Crippen molar-refractivity contribution in [3.8, 4) is 0 Å². The highest BCUT2D eigenvalue weighted by Crippen LogP contribution is 2.66. The number of amides is 1. The zero-order valence-corrected chi connectivity index (χ0v) is 19.5. The molecule has 1 N–H and O–H groups in total. The molecule has 4 fully saturated rings. The smallest absolute Gasteiger partial charge is 0.277 e. The fraction of sp³-hybridized carbons (Fsp3) is 0.731. The van der Waals surface area contributed by atoms with E-state index in [-0.39, 0.29) is 5.56 Å². The van der Waals surface area contributed by atoms with E-state index in [9.17, 15) is 9.59 Å². The zero-order valence-electron chi connectivity index (χ0n) is 19.5. The van der Waals surface area contributed by atoms with Crippen molar-refractivity contribution in [1.29, 1.82) is 0 Å². The summed E-state index contributed by atoms with van der Waals surface area (Å²) in [6, 6.07) is 2.72. The van der Waals surface area contributed by atoms with Gasteiger partial charge in [-0.05, 0) is 50.4 Å². The Morgan fingerprint density at radius 1 is 1.06 bits per heavy atom. The molecule has 33 heavy (non-hydrogen) atoms. The van der Waals surface area contributed by atoms with Gasteiger partial charge in [-0.15, -0.1) is 0 Å². The number of nitrogens with zero attached hydrogens (tertiary/aromatic N) is 4. The topological polar surface area (TPSA) is 73.7 Å². The number of hydrogen-bond donors (Lipinski definition) is 1. The van der Waals surface area contributed by atoms with Crippen LogP contribution < -0.4 is 5.56 Å². The Bertz CT molecular complexity index is 1150. The van der Waals surface area contributed by atoms with E-state index in [1.165, 1.54) is 44.9 Å². The molecular formula is C26H35N5O2. The van der Waals surface area contributed by atoms with Crippen LogP contribution in [0.5, 0.6) is 0 Å². The van der Waals surface area contributed by atoms with Crippen molar-refractivity contribution < 1.29 is 4.79 Å². The number of fused-ring (bicyclic) bond motifs is 2. The van der Waals surface area contributed by atoms with Gasteiger partial charge in [-0.3, -0.25) is 19.6 Å². The molecule has 7 heteroatoms. The maximum atomic E-state index is 13.4. The molecule has 0 bridgehead atoms. The van der Waals surface area contributed by atoms with Crippen molar-refractivity contribution >= 4 is 11.6 Å². The van der Waals surface area contributed by atoms with E-state index in [0.29, 0.717) is 29.2 Å². The van der Waals surface area contributed by atoms with Crippen LogP contribution >= 0.6 is 0 Å². The van der Waals surface area contributed by atoms with Crippen molar-refractivity contribution in [3.63, 3.8) is 0 Å². The van der Waals surface area contributed by atoms with Gasteiger partial charge in [0.05, 0.1) is 11.3 Å². The number of H-pyrrole nitrogens is 1. The van der Waals surface area contributed by atoms with E-state index < -0.39 is 0 Å². The summed E-state index contributed by atoms with van der Waals surface area (Å²) < 4.78 is 1.67. The average Bonchev–Trinajstić information content (AvgIpc) is 3.14. The first kappa shape index (κ1) is 20.2. The summed E-state index contributed by atoms with van der Waals surface area (Å²) in [7, 11) is 0. The summed E-state index contributed by atoms with van der Waals surface area (Å²) in [4.78, 5) is 35.8. The van der Waals surface area contributed by atoms with Gasteiger partial charge in [0.1, 0.15) is 0 Å². The van der Waals surface area contributed by atoms with Crippen molar-refractivity contribution in [2.45, 2.75) is 89.1 Å². The Labute approximate surface area is 194 Å². The molecule has 176 valence electrons. The Balaban J connectivity index is 1.07. The van der Waals surface area contributed by atoms with Crippen molar-refractivity contribution in [2.24, 2.45) is 11.3 Å². The maximum Gasteiger partial charge on any atom is 0.277 e. The van der Waals surface area contributed by atoms with E-state index in [1.54, 1.807) is 4.52 Å². The molecule has 2 aromatic rings. The van der Waals surface area contributed by atoms with Crippen LogP contribution in [0, 0.1) is 11.3 Å². The quantitative estimate of drug-likeness (QED) is 0.781. The van der Waals surface area contributed by atoms with E-state index in [1.807, 2.05) is 0 Å².